The lowest BCUT2D eigenvalue weighted by atomic mass is 10.1. The zero-order valence-corrected chi connectivity index (χ0v) is 14.4. The molecule has 0 fully saturated rings. The summed E-state index contributed by atoms with van der Waals surface area (Å²) < 4.78 is 5.53. The van der Waals surface area contributed by atoms with Gasteiger partial charge in [-0.05, 0) is 50.2 Å². The number of fused-ring (bicyclic) bond motifs is 1. The summed E-state index contributed by atoms with van der Waals surface area (Å²) in [5.41, 5.74) is 2.51. The summed E-state index contributed by atoms with van der Waals surface area (Å²) in [7, 11) is 3.72. The maximum atomic E-state index is 5.53. The van der Waals surface area contributed by atoms with E-state index in [4.69, 9.17) is 4.74 Å². The summed E-state index contributed by atoms with van der Waals surface area (Å²) in [5.74, 6) is 0.916. The largest absolute Gasteiger partial charge is 0.496 e. The van der Waals surface area contributed by atoms with Crippen LogP contribution in [-0.4, -0.2) is 25.7 Å². The Bertz CT molecular complexity index is 782. The smallest absolute Gasteiger partial charge is 0.129 e. The highest BCUT2D eigenvalue weighted by Gasteiger charge is 2.12. The fourth-order valence-electron chi connectivity index (χ4n) is 2.76. The second-order valence-electron chi connectivity index (χ2n) is 5.45. The van der Waals surface area contributed by atoms with Crippen molar-refractivity contribution in [2.24, 2.45) is 0 Å². The van der Waals surface area contributed by atoms with Crippen molar-refractivity contribution in [3.8, 4) is 5.75 Å². The number of H-pyrrole nitrogens is 1. The SMILES string of the molecule is CNCCCc1ccccc1Sc1c[nH]c2cccc(OC)c12. The first-order chi connectivity index (χ1) is 11.3. The quantitative estimate of drug-likeness (QED) is 0.629. The predicted molar refractivity (Wildman–Crippen MR) is 97.7 cm³/mol. The van der Waals surface area contributed by atoms with E-state index < -0.39 is 0 Å². The summed E-state index contributed by atoms with van der Waals surface area (Å²) in [4.78, 5) is 5.87. The van der Waals surface area contributed by atoms with Gasteiger partial charge in [-0.2, -0.15) is 0 Å². The number of rotatable bonds is 7. The van der Waals surface area contributed by atoms with Crippen molar-refractivity contribution in [2.75, 3.05) is 20.7 Å². The Morgan fingerprint density at radius 1 is 1.09 bits per heavy atom. The molecule has 1 heterocycles. The van der Waals surface area contributed by atoms with Gasteiger partial charge in [0.05, 0.1) is 18.0 Å². The maximum Gasteiger partial charge on any atom is 0.129 e. The minimum atomic E-state index is 0.916. The molecular formula is C19H22N2OS. The highest BCUT2D eigenvalue weighted by atomic mass is 32.2. The molecule has 3 rings (SSSR count). The van der Waals surface area contributed by atoms with E-state index in [2.05, 4.69) is 46.8 Å². The molecule has 0 bridgehead atoms. The molecule has 0 amide bonds. The predicted octanol–water partition coefficient (Wildman–Crippen LogP) is 4.48. The molecule has 120 valence electrons. The van der Waals surface area contributed by atoms with Crippen LogP contribution in [0.4, 0.5) is 0 Å². The second-order valence-corrected chi connectivity index (χ2v) is 6.54. The van der Waals surface area contributed by atoms with Gasteiger partial charge in [0.1, 0.15) is 5.75 Å². The maximum absolute atomic E-state index is 5.53. The van der Waals surface area contributed by atoms with Crippen LogP contribution in [0, 0.1) is 0 Å². The molecule has 0 atom stereocenters. The highest BCUT2D eigenvalue weighted by molar-refractivity contribution is 7.99. The Labute approximate surface area is 141 Å². The van der Waals surface area contributed by atoms with Gasteiger partial charge in [-0.1, -0.05) is 36.0 Å². The molecule has 0 radical (unpaired) electrons. The van der Waals surface area contributed by atoms with Gasteiger partial charge in [-0.15, -0.1) is 0 Å². The summed E-state index contributed by atoms with van der Waals surface area (Å²) >= 11 is 1.81. The molecule has 4 heteroatoms. The number of hydrogen-bond donors (Lipinski definition) is 2. The third-order valence-corrected chi connectivity index (χ3v) is 5.08. The zero-order chi connectivity index (χ0) is 16.1. The Hall–Kier alpha value is -1.91. The number of aromatic amines is 1. The van der Waals surface area contributed by atoms with E-state index in [1.54, 1.807) is 18.9 Å². The number of hydrogen-bond acceptors (Lipinski definition) is 3. The minimum absolute atomic E-state index is 0.916. The molecule has 0 saturated carbocycles. The van der Waals surface area contributed by atoms with Gasteiger partial charge in [-0.3, -0.25) is 0 Å². The third-order valence-electron chi connectivity index (χ3n) is 3.92. The van der Waals surface area contributed by atoms with Gasteiger partial charge in [0.15, 0.2) is 0 Å². The van der Waals surface area contributed by atoms with Crippen molar-refractivity contribution in [2.45, 2.75) is 22.6 Å². The number of methoxy groups -OCH3 is 1. The highest BCUT2D eigenvalue weighted by Crippen LogP contribution is 2.39. The van der Waals surface area contributed by atoms with Crippen LogP contribution in [0.1, 0.15) is 12.0 Å². The van der Waals surface area contributed by atoms with Crippen molar-refractivity contribution in [1.82, 2.24) is 10.3 Å². The Kier molecular flexibility index (Phi) is 5.26. The molecule has 3 nitrogen and oxygen atoms in total. The summed E-state index contributed by atoms with van der Waals surface area (Å²) in [6, 6.07) is 14.8. The summed E-state index contributed by atoms with van der Waals surface area (Å²) in [6.45, 7) is 1.04. The zero-order valence-electron chi connectivity index (χ0n) is 13.6. The van der Waals surface area contributed by atoms with E-state index in [0.717, 1.165) is 36.0 Å². The van der Waals surface area contributed by atoms with Crippen molar-refractivity contribution in [3.63, 3.8) is 0 Å². The van der Waals surface area contributed by atoms with Gasteiger partial charge in [-0.25, -0.2) is 0 Å². The molecule has 0 aliphatic carbocycles. The molecule has 0 aliphatic heterocycles. The van der Waals surface area contributed by atoms with Gasteiger partial charge < -0.3 is 15.0 Å². The van der Waals surface area contributed by atoms with Crippen molar-refractivity contribution >= 4 is 22.7 Å². The number of benzene rings is 2. The Morgan fingerprint density at radius 3 is 2.78 bits per heavy atom. The first-order valence-electron chi connectivity index (χ1n) is 7.88. The molecule has 3 aromatic rings. The van der Waals surface area contributed by atoms with E-state index in [0.29, 0.717) is 0 Å². The van der Waals surface area contributed by atoms with Crippen molar-refractivity contribution in [3.05, 3.63) is 54.2 Å². The van der Waals surface area contributed by atoms with Crippen LogP contribution in [0.25, 0.3) is 10.9 Å². The number of ether oxygens (including phenoxy) is 1. The lowest BCUT2D eigenvalue weighted by molar-refractivity contribution is 0.419. The molecule has 0 spiro atoms. The Balaban J connectivity index is 1.91. The fourth-order valence-corrected chi connectivity index (χ4v) is 3.87. The summed E-state index contributed by atoms with van der Waals surface area (Å²) in [5, 5.41) is 4.37. The molecule has 0 saturated heterocycles. The standard InChI is InChI=1S/C19H22N2OS/c1-20-12-6-8-14-7-3-4-11-17(14)23-18-13-21-15-9-5-10-16(22-2)19(15)18/h3-5,7,9-11,13,20-21H,6,8,12H2,1-2H3. The lowest BCUT2D eigenvalue weighted by Gasteiger charge is -2.09. The van der Waals surface area contributed by atoms with Crippen LogP contribution < -0.4 is 10.1 Å². The van der Waals surface area contributed by atoms with E-state index in [-0.39, 0.29) is 0 Å². The molecule has 2 N–H and O–H groups in total. The number of aromatic nitrogens is 1. The number of aryl methyl sites for hydroxylation is 1. The van der Waals surface area contributed by atoms with Crippen LogP contribution in [-0.2, 0) is 6.42 Å². The molecule has 23 heavy (non-hydrogen) atoms. The molecule has 1 aromatic heterocycles. The molecule has 2 aromatic carbocycles. The van der Waals surface area contributed by atoms with Gasteiger partial charge in [0.25, 0.3) is 0 Å². The fraction of sp³-hybridized carbons (Fsp3) is 0.263. The monoisotopic (exact) mass is 326 g/mol. The van der Waals surface area contributed by atoms with E-state index in [9.17, 15) is 0 Å². The Morgan fingerprint density at radius 2 is 1.96 bits per heavy atom. The second kappa shape index (κ2) is 7.57. The van der Waals surface area contributed by atoms with Gasteiger partial charge >= 0.3 is 0 Å². The summed E-state index contributed by atoms with van der Waals surface area (Å²) in [6.07, 6.45) is 4.30. The van der Waals surface area contributed by atoms with Crippen LogP contribution in [0.2, 0.25) is 0 Å². The molecule has 0 aliphatic rings. The molecule has 0 unspecified atom stereocenters. The minimum Gasteiger partial charge on any atom is -0.496 e. The first kappa shape index (κ1) is 16.0. The first-order valence-corrected chi connectivity index (χ1v) is 8.69. The number of nitrogens with one attached hydrogen (secondary N) is 2. The van der Waals surface area contributed by atoms with Crippen molar-refractivity contribution in [1.29, 1.82) is 0 Å². The van der Waals surface area contributed by atoms with Crippen LogP contribution in [0.3, 0.4) is 0 Å². The lowest BCUT2D eigenvalue weighted by Crippen LogP contribution is -2.08. The van der Waals surface area contributed by atoms with Gasteiger partial charge in [0, 0.05) is 16.0 Å². The topological polar surface area (TPSA) is 37.0 Å². The van der Waals surface area contributed by atoms with Gasteiger partial charge in [0.2, 0.25) is 0 Å². The van der Waals surface area contributed by atoms with Crippen molar-refractivity contribution < 1.29 is 4.74 Å². The normalized spacial score (nSPS) is 11.0. The average Bonchev–Trinajstić information content (AvgIpc) is 3.00. The molecular weight excluding hydrogens is 304 g/mol. The average molecular weight is 326 g/mol. The van der Waals surface area contributed by atoms with Crippen LogP contribution >= 0.6 is 11.8 Å². The van der Waals surface area contributed by atoms with E-state index in [1.807, 2.05) is 19.2 Å². The van der Waals surface area contributed by atoms with Crippen LogP contribution in [0.15, 0.2) is 58.5 Å². The third kappa shape index (κ3) is 3.54. The van der Waals surface area contributed by atoms with E-state index in [1.165, 1.54) is 15.4 Å². The van der Waals surface area contributed by atoms with E-state index >= 15 is 0 Å². The van der Waals surface area contributed by atoms with Crippen LogP contribution in [0.5, 0.6) is 5.75 Å².